The van der Waals surface area contributed by atoms with Gasteiger partial charge in [-0.15, -0.1) is 0 Å². The minimum atomic E-state index is 0.315. The Balaban J connectivity index is 4.43. The van der Waals surface area contributed by atoms with Crippen LogP contribution in [0.1, 0.15) is 47.5 Å². The molecule has 2 unspecified atom stereocenters. The maximum Gasteiger partial charge on any atom is 0.0763 e. The zero-order valence-electron chi connectivity index (χ0n) is 11.0. The summed E-state index contributed by atoms with van der Waals surface area (Å²) >= 11 is 0. The first-order chi connectivity index (χ1) is 7.15. The van der Waals surface area contributed by atoms with Crippen molar-refractivity contribution in [3.8, 4) is 0 Å². The molecule has 0 aliphatic carbocycles. The van der Waals surface area contributed by atoms with Crippen LogP contribution >= 0.6 is 0 Å². The molecule has 0 spiro atoms. The quantitative estimate of drug-likeness (QED) is 0.625. The van der Waals surface area contributed by atoms with E-state index >= 15 is 0 Å². The second-order valence-corrected chi connectivity index (χ2v) is 4.11. The van der Waals surface area contributed by atoms with E-state index in [2.05, 4.69) is 46.0 Å². The van der Waals surface area contributed by atoms with Gasteiger partial charge >= 0.3 is 0 Å². The number of ether oxygens (including phenoxy) is 1. The van der Waals surface area contributed by atoms with Crippen LogP contribution in [-0.4, -0.2) is 25.3 Å². The molecule has 0 amide bonds. The molecule has 0 radical (unpaired) electrons. The molecule has 0 aliphatic heterocycles. The van der Waals surface area contributed by atoms with E-state index in [1.54, 1.807) is 0 Å². The summed E-state index contributed by atoms with van der Waals surface area (Å²) in [6.07, 6.45) is 4.88. The number of likely N-dealkylation sites (N-methyl/N-ethyl adjacent to an activating group) is 1. The highest BCUT2D eigenvalue weighted by Gasteiger charge is 2.17. The molecular weight excluding hydrogens is 186 g/mol. The van der Waals surface area contributed by atoms with E-state index < -0.39 is 0 Å². The summed E-state index contributed by atoms with van der Waals surface area (Å²) in [6, 6.07) is 0.361. The Labute approximate surface area is 95.1 Å². The lowest BCUT2D eigenvalue weighted by Gasteiger charge is -2.25. The van der Waals surface area contributed by atoms with Crippen LogP contribution in [0.15, 0.2) is 11.6 Å². The van der Waals surface area contributed by atoms with Gasteiger partial charge in [0, 0.05) is 6.61 Å². The molecule has 1 N–H and O–H groups in total. The van der Waals surface area contributed by atoms with E-state index in [1.165, 1.54) is 12.0 Å². The summed E-state index contributed by atoms with van der Waals surface area (Å²) in [5.41, 5.74) is 1.35. The summed E-state index contributed by atoms with van der Waals surface area (Å²) in [5.74, 6) is 0. The average Bonchev–Trinajstić information content (AvgIpc) is 2.16. The average molecular weight is 213 g/mol. The molecule has 0 saturated heterocycles. The van der Waals surface area contributed by atoms with Crippen molar-refractivity contribution in [1.82, 2.24) is 5.32 Å². The number of allylic oxidation sites excluding steroid dienone is 1. The summed E-state index contributed by atoms with van der Waals surface area (Å²) in [6.45, 7) is 12.5. The van der Waals surface area contributed by atoms with E-state index in [9.17, 15) is 0 Å². The standard InChI is InChI=1S/C13H27NO/c1-6-9-13(15-8-3)12(14-7-2)10-11(4)5/h10,12-14H,6-9H2,1-5H3. The maximum absolute atomic E-state index is 5.79. The monoisotopic (exact) mass is 213 g/mol. The molecule has 0 aromatic heterocycles. The van der Waals surface area contributed by atoms with Crippen LogP contribution in [0.2, 0.25) is 0 Å². The van der Waals surface area contributed by atoms with Crippen molar-refractivity contribution >= 4 is 0 Å². The van der Waals surface area contributed by atoms with Gasteiger partial charge in [-0.25, -0.2) is 0 Å². The Morgan fingerprint density at radius 1 is 1.27 bits per heavy atom. The molecule has 0 saturated carbocycles. The van der Waals surface area contributed by atoms with Crippen LogP contribution < -0.4 is 5.32 Å². The van der Waals surface area contributed by atoms with Gasteiger partial charge in [-0.05, 0) is 33.7 Å². The van der Waals surface area contributed by atoms with Crippen LogP contribution in [0.3, 0.4) is 0 Å². The molecule has 90 valence electrons. The lowest BCUT2D eigenvalue weighted by atomic mass is 10.0. The van der Waals surface area contributed by atoms with Gasteiger partial charge in [-0.1, -0.05) is 31.9 Å². The Morgan fingerprint density at radius 3 is 2.33 bits per heavy atom. The first-order valence-corrected chi connectivity index (χ1v) is 6.15. The van der Waals surface area contributed by atoms with Crippen LogP contribution in [0.25, 0.3) is 0 Å². The topological polar surface area (TPSA) is 21.3 Å². The van der Waals surface area contributed by atoms with Crippen LogP contribution in [0.5, 0.6) is 0 Å². The molecular formula is C13H27NO. The molecule has 0 bridgehead atoms. The lowest BCUT2D eigenvalue weighted by molar-refractivity contribution is 0.0397. The largest absolute Gasteiger partial charge is 0.377 e. The minimum Gasteiger partial charge on any atom is -0.377 e. The molecule has 15 heavy (non-hydrogen) atoms. The Bertz CT molecular complexity index is 167. The van der Waals surface area contributed by atoms with E-state index in [0.29, 0.717) is 12.1 Å². The predicted molar refractivity (Wildman–Crippen MR) is 67.2 cm³/mol. The second-order valence-electron chi connectivity index (χ2n) is 4.11. The molecule has 0 rings (SSSR count). The van der Waals surface area contributed by atoms with Gasteiger partial charge in [-0.2, -0.15) is 0 Å². The van der Waals surface area contributed by atoms with Gasteiger partial charge in [0.15, 0.2) is 0 Å². The third-order valence-electron chi connectivity index (χ3n) is 2.31. The first-order valence-electron chi connectivity index (χ1n) is 6.15. The summed E-state index contributed by atoms with van der Waals surface area (Å²) in [4.78, 5) is 0. The SMILES string of the molecule is CCCC(OCC)C(C=C(C)C)NCC. The molecule has 0 aromatic rings. The Kier molecular flexibility index (Phi) is 8.73. The molecule has 2 heteroatoms. The fourth-order valence-corrected chi connectivity index (χ4v) is 1.76. The third-order valence-corrected chi connectivity index (χ3v) is 2.31. The number of nitrogens with one attached hydrogen (secondary N) is 1. The van der Waals surface area contributed by atoms with Crippen molar-refractivity contribution in [2.45, 2.75) is 59.6 Å². The summed E-state index contributed by atoms with van der Waals surface area (Å²) in [7, 11) is 0. The van der Waals surface area contributed by atoms with Crippen molar-refractivity contribution in [2.24, 2.45) is 0 Å². The van der Waals surface area contributed by atoms with Crippen LogP contribution in [0, 0.1) is 0 Å². The highest BCUT2D eigenvalue weighted by Crippen LogP contribution is 2.10. The minimum absolute atomic E-state index is 0.315. The normalized spacial score (nSPS) is 14.7. The fraction of sp³-hybridized carbons (Fsp3) is 0.846. The van der Waals surface area contributed by atoms with E-state index in [-0.39, 0.29) is 0 Å². The van der Waals surface area contributed by atoms with Crippen molar-refractivity contribution in [1.29, 1.82) is 0 Å². The molecule has 0 aromatic carbocycles. The van der Waals surface area contributed by atoms with Crippen LogP contribution in [0.4, 0.5) is 0 Å². The first kappa shape index (κ1) is 14.7. The number of hydrogen-bond acceptors (Lipinski definition) is 2. The Hall–Kier alpha value is -0.340. The fourth-order valence-electron chi connectivity index (χ4n) is 1.76. The highest BCUT2D eigenvalue weighted by molar-refractivity contribution is 5.03. The lowest BCUT2D eigenvalue weighted by Crippen LogP contribution is -2.40. The highest BCUT2D eigenvalue weighted by atomic mass is 16.5. The number of hydrogen-bond donors (Lipinski definition) is 1. The number of rotatable bonds is 8. The molecule has 0 aliphatic rings. The van der Waals surface area contributed by atoms with Gasteiger partial charge in [0.2, 0.25) is 0 Å². The van der Waals surface area contributed by atoms with Crippen LogP contribution in [-0.2, 0) is 4.74 Å². The van der Waals surface area contributed by atoms with Gasteiger partial charge < -0.3 is 10.1 Å². The van der Waals surface area contributed by atoms with Gasteiger partial charge in [0.1, 0.15) is 0 Å². The van der Waals surface area contributed by atoms with Gasteiger partial charge in [-0.3, -0.25) is 0 Å². The van der Waals surface area contributed by atoms with Crippen molar-refractivity contribution < 1.29 is 4.74 Å². The van der Waals surface area contributed by atoms with E-state index in [1.807, 2.05) is 0 Å². The second kappa shape index (κ2) is 8.93. The predicted octanol–water partition coefficient (Wildman–Crippen LogP) is 3.14. The van der Waals surface area contributed by atoms with Crippen molar-refractivity contribution in [3.05, 3.63) is 11.6 Å². The zero-order chi connectivity index (χ0) is 11.7. The smallest absolute Gasteiger partial charge is 0.0763 e. The van der Waals surface area contributed by atoms with Crippen molar-refractivity contribution in [3.63, 3.8) is 0 Å². The maximum atomic E-state index is 5.79. The summed E-state index contributed by atoms with van der Waals surface area (Å²) < 4.78 is 5.79. The summed E-state index contributed by atoms with van der Waals surface area (Å²) in [5, 5.41) is 3.48. The van der Waals surface area contributed by atoms with Gasteiger partial charge in [0.05, 0.1) is 12.1 Å². The van der Waals surface area contributed by atoms with E-state index in [0.717, 1.165) is 19.6 Å². The molecule has 0 heterocycles. The van der Waals surface area contributed by atoms with Crippen molar-refractivity contribution in [2.75, 3.05) is 13.2 Å². The zero-order valence-corrected chi connectivity index (χ0v) is 11.0. The Morgan fingerprint density at radius 2 is 1.93 bits per heavy atom. The molecule has 2 nitrogen and oxygen atoms in total. The third kappa shape index (κ3) is 6.69. The molecule has 0 fully saturated rings. The molecule has 2 atom stereocenters. The van der Waals surface area contributed by atoms with E-state index in [4.69, 9.17) is 4.74 Å². The van der Waals surface area contributed by atoms with Gasteiger partial charge in [0.25, 0.3) is 0 Å².